The molecule has 2 aliphatic heterocycles. The van der Waals surface area contributed by atoms with E-state index < -0.39 is 0 Å². The Kier molecular flexibility index (Phi) is 6.23. The van der Waals surface area contributed by atoms with Crippen LogP contribution in [0.4, 0.5) is 0 Å². The van der Waals surface area contributed by atoms with Gasteiger partial charge in [-0.15, -0.1) is 0 Å². The summed E-state index contributed by atoms with van der Waals surface area (Å²) < 4.78 is 0. The molecule has 0 atom stereocenters. The molecule has 0 aliphatic carbocycles. The second-order valence-corrected chi connectivity index (χ2v) is 5.09. The first kappa shape index (κ1) is 13.0. The zero-order valence-electron chi connectivity index (χ0n) is 7.23. The van der Waals surface area contributed by atoms with Crippen molar-refractivity contribution in [2.75, 3.05) is 0 Å². The summed E-state index contributed by atoms with van der Waals surface area (Å²) in [5, 5.41) is 3.61. The summed E-state index contributed by atoms with van der Waals surface area (Å²) in [5.74, 6) is 0.626. The van der Waals surface area contributed by atoms with Gasteiger partial charge in [-0.2, -0.15) is 0 Å². The van der Waals surface area contributed by atoms with Crippen molar-refractivity contribution in [3.63, 3.8) is 0 Å². The average molecular weight is 357 g/mol. The standard InChI is InChI=1S/C8H6ClN3.2ClH.Pd/c9-6-2-1-3-10-7(6)8-11-4-5-12-8;;;/h1-5,10H;2*1H;/q;;;+2/p-2. The van der Waals surface area contributed by atoms with Crippen molar-refractivity contribution in [2.24, 2.45) is 9.98 Å². The number of nitrogens with one attached hydrogen (secondary N) is 1. The molecule has 7 heteroatoms. The Morgan fingerprint density at radius 2 is 1.80 bits per heavy atom. The Bertz CT molecular complexity index is 357. The van der Waals surface area contributed by atoms with Crippen molar-refractivity contribution in [2.45, 2.75) is 0 Å². The van der Waals surface area contributed by atoms with Crippen LogP contribution in [0.15, 0.2) is 44.9 Å². The van der Waals surface area contributed by atoms with Gasteiger partial charge in [0, 0.05) is 18.6 Å². The molecule has 0 aromatic rings. The van der Waals surface area contributed by atoms with Crippen LogP contribution >= 0.6 is 30.7 Å². The van der Waals surface area contributed by atoms with Gasteiger partial charge in [0.1, 0.15) is 5.70 Å². The molecular formula is C8H6Cl3N3Pd. The van der Waals surface area contributed by atoms with Gasteiger partial charge in [-0.05, 0) is 12.2 Å². The molecule has 1 N–H and O–H groups in total. The third-order valence-electron chi connectivity index (χ3n) is 1.49. The van der Waals surface area contributed by atoms with E-state index in [2.05, 4.69) is 15.3 Å². The van der Waals surface area contributed by atoms with Crippen LogP contribution in [0.3, 0.4) is 0 Å². The number of hydrogen-bond donors (Lipinski definition) is 1. The third kappa shape index (κ3) is 4.10. The SMILES string of the molecule is ClC1=CC=CNC1=C1N=CC=N1.[Cl][Pd][Cl]. The first-order chi connectivity index (χ1) is 7.29. The van der Waals surface area contributed by atoms with Crippen LogP contribution in [-0.4, -0.2) is 12.4 Å². The molecule has 15 heavy (non-hydrogen) atoms. The maximum atomic E-state index is 5.90. The number of allylic oxidation sites excluding steroid dienone is 3. The molecule has 0 bridgehead atoms. The van der Waals surface area contributed by atoms with Gasteiger partial charge < -0.3 is 5.32 Å². The van der Waals surface area contributed by atoms with E-state index in [9.17, 15) is 0 Å². The van der Waals surface area contributed by atoms with Crippen molar-refractivity contribution < 1.29 is 15.9 Å². The molecule has 0 saturated heterocycles. The summed E-state index contributed by atoms with van der Waals surface area (Å²) in [6, 6.07) is 0. The summed E-state index contributed by atoms with van der Waals surface area (Å²) in [4.78, 5) is 8.04. The van der Waals surface area contributed by atoms with Crippen LogP contribution in [0.1, 0.15) is 0 Å². The van der Waals surface area contributed by atoms with Crippen LogP contribution in [0.2, 0.25) is 0 Å². The minimum atomic E-state index is -0.106. The summed E-state index contributed by atoms with van der Waals surface area (Å²) in [5.41, 5.74) is 0.754. The molecule has 2 heterocycles. The van der Waals surface area contributed by atoms with Crippen molar-refractivity contribution in [3.05, 3.63) is 34.9 Å². The van der Waals surface area contributed by atoms with Gasteiger partial charge >= 0.3 is 35.0 Å². The van der Waals surface area contributed by atoms with Crippen LogP contribution in [-0.2, 0) is 15.9 Å². The van der Waals surface area contributed by atoms with E-state index in [1.54, 1.807) is 24.7 Å². The predicted octanol–water partition coefficient (Wildman–Crippen LogP) is 2.93. The van der Waals surface area contributed by atoms with E-state index in [1.807, 2.05) is 6.08 Å². The molecule has 0 unspecified atom stereocenters. The number of aliphatic imine (C=N–C) groups is 2. The number of nitrogens with zero attached hydrogens (tertiary/aromatic N) is 2. The fraction of sp³-hybridized carbons (Fsp3) is 0. The molecule has 0 amide bonds. The van der Waals surface area contributed by atoms with Gasteiger partial charge in [0.2, 0.25) is 0 Å². The molecule has 0 aromatic heterocycles. The van der Waals surface area contributed by atoms with E-state index in [0.717, 1.165) is 5.70 Å². The van der Waals surface area contributed by atoms with Gasteiger partial charge in [-0.1, -0.05) is 11.6 Å². The first-order valence-electron chi connectivity index (χ1n) is 3.72. The molecule has 2 rings (SSSR count). The number of halogens is 3. The quantitative estimate of drug-likeness (QED) is 0.666. The molecule has 0 spiro atoms. The number of rotatable bonds is 0. The van der Waals surface area contributed by atoms with E-state index in [4.69, 9.17) is 30.7 Å². The fourth-order valence-electron chi connectivity index (χ4n) is 0.958. The predicted molar refractivity (Wildman–Crippen MR) is 61.9 cm³/mol. The average Bonchev–Trinajstić information content (AvgIpc) is 2.72. The van der Waals surface area contributed by atoms with Gasteiger partial charge in [0.25, 0.3) is 0 Å². The summed E-state index contributed by atoms with van der Waals surface area (Å²) in [6.45, 7) is 0. The Hall–Kier alpha value is -0.108. The zero-order chi connectivity index (χ0) is 11.1. The van der Waals surface area contributed by atoms with E-state index in [-0.39, 0.29) is 15.9 Å². The topological polar surface area (TPSA) is 36.8 Å². The first-order valence-corrected chi connectivity index (χ1v) is 8.10. The Morgan fingerprint density at radius 1 is 1.20 bits per heavy atom. The van der Waals surface area contributed by atoms with Crippen LogP contribution in [0.25, 0.3) is 0 Å². The van der Waals surface area contributed by atoms with Gasteiger partial charge in [-0.25, -0.2) is 9.98 Å². The Morgan fingerprint density at radius 3 is 2.33 bits per heavy atom. The summed E-state index contributed by atoms with van der Waals surface area (Å²) in [7, 11) is 9.63. The molecule has 84 valence electrons. The maximum absolute atomic E-state index is 5.90. The van der Waals surface area contributed by atoms with Crippen molar-refractivity contribution >= 4 is 43.1 Å². The van der Waals surface area contributed by atoms with Gasteiger partial charge in [-0.3, -0.25) is 0 Å². The van der Waals surface area contributed by atoms with E-state index in [0.29, 0.717) is 10.9 Å². The fourth-order valence-corrected chi connectivity index (χ4v) is 1.17. The minimum absolute atomic E-state index is 0.106. The second kappa shape index (κ2) is 7.21. The summed E-state index contributed by atoms with van der Waals surface area (Å²) >= 11 is 5.80. The van der Waals surface area contributed by atoms with Crippen molar-refractivity contribution in [3.8, 4) is 0 Å². The van der Waals surface area contributed by atoms with Crippen molar-refractivity contribution in [1.82, 2.24) is 5.32 Å². The molecular weight excluding hydrogens is 351 g/mol. The summed E-state index contributed by atoms with van der Waals surface area (Å²) in [6.07, 6.45) is 8.68. The molecule has 0 aromatic carbocycles. The van der Waals surface area contributed by atoms with Crippen LogP contribution in [0, 0.1) is 0 Å². The Labute approximate surface area is 109 Å². The molecule has 0 fully saturated rings. The van der Waals surface area contributed by atoms with Gasteiger partial charge in [0.15, 0.2) is 5.82 Å². The van der Waals surface area contributed by atoms with E-state index in [1.165, 1.54) is 0 Å². The molecule has 2 aliphatic rings. The number of dihydropyridines is 1. The van der Waals surface area contributed by atoms with Crippen LogP contribution in [0.5, 0.6) is 0 Å². The third-order valence-corrected chi connectivity index (χ3v) is 1.80. The van der Waals surface area contributed by atoms with Gasteiger partial charge in [0.05, 0.1) is 5.03 Å². The zero-order valence-corrected chi connectivity index (χ0v) is 11.1. The molecule has 0 radical (unpaired) electrons. The Balaban J connectivity index is 0.000000337. The van der Waals surface area contributed by atoms with Crippen molar-refractivity contribution in [1.29, 1.82) is 0 Å². The normalized spacial score (nSPS) is 17.4. The second-order valence-electron chi connectivity index (χ2n) is 2.32. The number of hydrogen-bond acceptors (Lipinski definition) is 3. The van der Waals surface area contributed by atoms with E-state index >= 15 is 0 Å². The van der Waals surface area contributed by atoms with Crippen LogP contribution < -0.4 is 5.32 Å². The molecule has 0 saturated carbocycles. The monoisotopic (exact) mass is 355 g/mol. The molecule has 3 nitrogen and oxygen atoms in total.